The van der Waals surface area contributed by atoms with Crippen molar-refractivity contribution in [2.24, 2.45) is 0 Å². The van der Waals surface area contributed by atoms with Crippen molar-refractivity contribution < 1.29 is 17.9 Å². The number of rotatable bonds is 1. The van der Waals surface area contributed by atoms with E-state index in [4.69, 9.17) is 0 Å². The Morgan fingerprint density at radius 3 is 2.14 bits per heavy atom. The van der Waals surface area contributed by atoms with E-state index in [-0.39, 0.29) is 5.75 Å². The third-order valence-electron chi connectivity index (χ3n) is 1.28. The van der Waals surface area contributed by atoms with Crippen molar-refractivity contribution in [1.82, 2.24) is 0 Å². The molecule has 0 spiro atoms. The van der Waals surface area contributed by atoms with Gasteiger partial charge < -0.3 is 4.74 Å². The van der Waals surface area contributed by atoms with Crippen LogP contribution in [0.4, 0.5) is 13.2 Å². The van der Waals surface area contributed by atoms with Gasteiger partial charge >= 0.3 is 6.36 Å². The van der Waals surface area contributed by atoms with E-state index in [1.807, 2.05) is 0 Å². The van der Waals surface area contributed by atoms with Crippen LogP contribution < -0.4 is 4.74 Å². The fourth-order valence-electron chi connectivity index (χ4n) is 0.794. The third-order valence-corrected chi connectivity index (χ3v) is 1.48. The van der Waals surface area contributed by atoms with Gasteiger partial charge in [-0.15, -0.1) is 13.2 Å². The van der Waals surface area contributed by atoms with Crippen LogP contribution >= 0.6 is 15.9 Å². The van der Waals surface area contributed by atoms with E-state index in [0.29, 0.717) is 5.56 Å². The first-order valence-corrected chi connectivity index (χ1v) is 4.28. The SMILES string of the molecule is FC(F)(F)Oc1ccc(C#CBr)cc1. The molecule has 0 atom stereocenters. The van der Waals surface area contributed by atoms with Gasteiger partial charge in [0.25, 0.3) is 0 Å². The molecule has 1 rings (SSSR count). The van der Waals surface area contributed by atoms with Crippen molar-refractivity contribution in [3.8, 4) is 16.5 Å². The average molecular weight is 265 g/mol. The van der Waals surface area contributed by atoms with Crippen LogP contribution in [0.1, 0.15) is 5.56 Å². The zero-order valence-corrected chi connectivity index (χ0v) is 8.32. The number of ether oxygens (including phenoxy) is 1. The molecule has 0 heterocycles. The minimum atomic E-state index is -4.65. The molecular formula is C9H4BrF3O. The van der Waals surface area contributed by atoms with E-state index < -0.39 is 6.36 Å². The van der Waals surface area contributed by atoms with Crippen LogP contribution in [0, 0.1) is 10.8 Å². The molecule has 1 nitrogen and oxygen atoms in total. The molecule has 74 valence electrons. The predicted molar refractivity (Wildman–Crippen MR) is 48.9 cm³/mol. The van der Waals surface area contributed by atoms with E-state index in [1.165, 1.54) is 24.3 Å². The number of hydrogen-bond donors (Lipinski definition) is 0. The Kier molecular flexibility index (Phi) is 3.42. The molecule has 0 saturated heterocycles. The number of hydrogen-bond acceptors (Lipinski definition) is 1. The maximum absolute atomic E-state index is 11.7. The molecular weight excluding hydrogens is 261 g/mol. The topological polar surface area (TPSA) is 9.23 Å². The first kappa shape index (κ1) is 10.9. The summed E-state index contributed by atoms with van der Waals surface area (Å²) in [6, 6.07) is 5.30. The van der Waals surface area contributed by atoms with Crippen LogP contribution in [0.2, 0.25) is 0 Å². The van der Waals surface area contributed by atoms with Crippen LogP contribution in [-0.2, 0) is 0 Å². The Labute approximate surface area is 87.0 Å². The Balaban J connectivity index is 2.77. The highest BCUT2D eigenvalue weighted by atomic mass is 79.9. The molecule has 0 fully saturated rings. The normalized spacial score (nSPS) is 10.3. The van der Waals surface area contributed by atoms with Gasteiger partial charge in [0, 0.05) is 21.5 Å². The molecule has 1 aromatic carbocycles. The summed E-state index contributed by atoms with van der Waals surface area (Å²) < 4.78 is 38.9. The molecule has 0 N–H and O–H groups in total. The molecule has 0 aliphatic heterocycles. The molecule has 0 aromatic heterocycles. The highest BCUT2D eigenvalue weighted by Crippen LogP contribution is 2.22. The van der Waals surface area contributed by atoms with Gasteiger partial charge in [-0.1, -0.05) is 5.92 Å². The van der Waals surface area contributed by atoms with Crippen LogP contribution in [-0.4, -0.2) is 6.36 Å². The van der Waals surface area contributed by atoms with Gasteiger partial charge in [-0.3, -0.25) is 0 Å². The molecule has 0 saturated carbocycles. The van der Waals surface area contributed by atoms with E-state index in [1.54, 1.807) is 0 Å². The molecule has 1 aromatic rings. The van der Waals surface area contributed by atoms with Crippen molar-refractivity contribution in [2.75, 3.05) is 0 Å². The molecule has 14 heavy (non-hydrogen) atoms. The summed E-state index contributed by atoms with van der Waals surface area (Å²) in [4.78, 5) is 2.45. The van der Waals surface area contributed by atoms with Gasteiger partial charge in [0.15, 0.2) is 0 Å². The Bertz CT molecular complexity index is 358. The van der Waals surface area contributed by atoms with Crippen molar-refractivity contribution in [1.29, 1.82) is 0 Å². The fraction of sp³-hybridized carbons (Fsp3) is 0.111. The average Bonchev–Trinajstić information content (AvgIpc) is 2.06. The van der Waals surface area contributed by atoms with Gasteiger partial charge in [0.05, 0.1) is 0 Å². The van der Waals surface area contributed by atoms with Gasteiger partial charge in [-0.05, 0) is 29.1 Å². The smallest absolute Gasteiger partial charge is 0.406 e. The Hall–Kier alpha value is -1.15. The second kappa shape index (κ2) is 4.38. The zero-order chi connectivity index (χ0) is 10.6. The Morgan fingerprint density at radius 2 is 1.71 bits per heavy atom. The quantitative estimate of drug-likeness (QED) is 0.708. The minimum Gasteiger partial charge on any atom is -0.406 e. The van der Waals surface area contributed by atoms with Gasteiger partial charge in [-0.2, -0.15) is 0 Å². The van der Waals surface area contributed by atoms with E-state index in [9.17, 15) is 13.2 Å². The zero-order valence-electron chi connectivity index (χ0n) is 6.73. The first-order valence-electron chi connectivity index (χ1n) is 3.49. The van der Waals surface area contributed by atoms with Crippen molar-refractivity contribution >= 4 is 15.9 Å². The molecule has 0 aliphatic rings. The standard InChI is InChI=1S/C9H4BrF3O/c10-6-5-7-1-3-8(4-2-7)14-9(11,12)13/h1-4H. The molecule has 0 aliphatic carbocycles. The van der Waals surface area contributed by atoms with Crippen LogP contribution in [0.25, 0.3) is 0 Å². The molecule has 0 amide bonds. The first-order chi connectivity index (χ1) is 6.51. The molecule has 5 heteroatoms. The van der Waals surface area contributed by atoms with Crippen LogP contribution in [0.15, 0.2) is 24.3 Å². The van der Waals surface area contributed by atoms with Crippen LogP contribution in [0.3, 0.4) is 0 Å². The van der Waals surface area contributed by atoms with Crippen LogP contribution in [0.5, 0.6) is 5.75 Å². The summed E-state index contributed by atoms with van der Waals surface area (Å²) >= 11 is 2.88. The van der Waals surface area contributed by atoms with Gasteiger partial charge in [-0.25, -0.2) is 0 Å². The van der Waals surface area contributed by atoms with Crippen molar-refractivity contribution in [3.63, 3.8) is 0 Å². The summed E-state index contributed by atoms with van der Waals surface area (Å²) in [5, 5.41) is 0. The van der Waals surface area contributed by atoms with Gasteiger partial charge in [0.2, 0.25) is 0 Å². The van der Waals surface area contributed by atoms with E-state index in [2.05, 4.69) is 31.4 Å². The predicted octanol–water partition coefficient (Wildman–Crippen LogP) is 3.29. The summed E-state index contributed by atoms with van der Waals surface area (Å²) in [5.41, 5.74) is 0.608. The second-order valence-corrected chi connectivity index (χ2v) is 2.69. The maximum atomic E-state index is 11.7. The Morgan fingerprint density at radius 1 is 1.14 bits per heavy atom. The summed E-state index contributed by atoms with van der Waals surface area (Å²) in [5.74, 6) is 2.38. The lowest BCUT2D eigenvalue weighted by Gasteiger charge is -2.07. The molecule has 0 bridgehead atoms. The lowest BCUT2D eigenvalue weighted by Crippen LogP contribution is -2.16. The largest absolute Gasteiger partial charge is 0.573 e. The monoisotopic (exact) mass is 264 g/mol. The molecule has 0 radical (unpaired) electrons. The lowest BCUT2D eigenvalue weighted by molar-refractivity contribution is -0.274. The molecule has 0 unspecified atom stereocenters. The summed E-state index contributed by atoms with van der Waals surface area (Å²) in [6.07, 6.45) is -4.65. The van der Waals surface area contributed by atoms with E-state index >= 15 is 0 Å². The van der Waals surface area contributed by atoms with E-state index in [0.717, 1.165) is 0 Å². The summed E-state index contributed by atoms with van der Waals surface area (Å²) in [6.45, 7) is 0. The highest BCUT2D eigenvalue weighted by Gasteiger charge is 2.30. The van der Waals surface area contributed by atoms with Gasteiger partial charge in [0.1, 0.15) is 5.75 Å². The van der Waals surface area contributed by atoms with Crippen molar-refractivity contribution in [2.45, 2.75) is 6.36 Å². The minimum absolute atomic E-state index is 0.252. The second-order valence-electron chi connectivity index (χ2n) is 2.29. The number of benzene rings is 1. The summed E-state index contributed by atoms with van der Waals surface area (Å²) in [7, 11) is 0. The highest BCUT2D eigenvalue weighted by molar-refractivity contribution is 9.12. The fourth-order valence-corrected chi connectivity index (χ4v) is 1.02. The van der Waals surface area contributed by atoms with Crippen molar-refractivity contribution in [3.05, 3.63) is 29.8 Å². The third kappa shape index (κ3) is 3.71. The number of alkyl halides is 3. The maximum Gasteiger partial charge on any atom is 0.573 e. The lowest BCUT2D eigenvalue weighted by atomic mass is 10.2. The number of halogens is 4.